The van der Waals surface area contributed by atoms with Gasteiger partial charge in [0.2, 0.25) is 0 Å². The number of hydrogen-bond donors (Lipinski definition) is 2. The standard InChI is InChI=1S/C21H19N5O/c1-27-16-9-7-15(8-10-16)20-17-4-2-3-5-18(17)21(26-25-20)24-13-14-6-11-19(22)23-12-14/h2-12H,13H2,1H3,(H2,22,23)(H,24,26). The van der Waals surface area contributed by atoms with Gasteiger partial charge in [0.1, 0.15) is 17.3 Å². The van der Waals surface area contributed by atoms with Gasteiger partial charge >= 0.3 is 0 Å². The molecular formula is C21H19N5O. The quantitative estimate of drug-likeness (QED) is 0.563. The van der Waals surface area contributed by atoms with E-state index in [-0.39, 0.29) is 0 Å². The molecule has 0 saturated carbocycles. The fraction of sp³-hybridized carbons (Fsp3) is 0.0952. The van der Waals surface area contributed by atoms with Crippen molar-refractivity contribution in [2.24, 2.45) is 0 Å². The molecule has 0 aliphatic rings. The van der Waals surface area contributed by atoms with Crippen molar-refractivity contribution >= 4 is 22.4 Å². The number of anilines is 2. The molecule has 0 aliphatic heterocycles. The first kappa shape index (κ1) is 16.8. The van der Waals surface area contributed by atoms with Crippen molar-refractivity contribution in [3.63, 3.8) is 0 Å². The molecule has 0 unspecified atom stereocenters. The van der Waals surface area contributed by atoms with Crippen LogP contribution in [0.3, 0.4) is 0 Å². The third kappa shape index (κ3) is 3.50. The van der Waals surface area contributed by atoms with Crippen LogP contribution in [0.1, 0.15) is 5.56 Å². The van der Waals surface area contributed by atoms with Gasteiger partial charge in [0, 0.05) is 29.1 Å². The summed E-state index contributed by atoms with van der Waals surface area (Å²) in [6.07, 6.45) is 1.75. The average Bonchev–Trinajstić information content (AvgIpc) is 2.73. The Bertz CT molecular complexity index is 1060. The van der Waals surface area contributed by atoms with Crippen LogP contribution >= 0.6 is 0 Å². The summed E-state index contributed by atoms with van der Waals surface area (Å²) >= 11 is 0. The normalized spacial score (nSPS) is 10.7. The molecule has 0 aliphatic carbocycles. The molecule has 4 rings (SSSR count). The van der Waals surface area contributed by atoms with Crippen molar-refractivity contribution in [3.05, 3.63) is 72.4 Å². The van der Waals surface area contributed by atoms with E-state index in [1.807, 2.05) is 48.5 Å². The Morgan fingerprint density at radius 1 is 0.926 bits per heavy atom. The molecule has 4 aromatic rings. The molecule has 2 aromatic heterocycles. The highest BCUT2D eigenvalue weighted by atomic mass is 16.5. The highest BCUT2D eigenvalue weighted by Gasteiger charge is 2.11. The molecule has 3 N–H and O–H groups in total. The second kappa shape index (κ2) is 7.29. The van der Waals surface area contributed by atoms with E-state index < -0.39 is 0 Å². The average molecular weight is 357 g/mol. The summed E-state index contributed by atoms with van der Waals surface area (Å²) in [5.41, 5.74) is 8.49. The lowest BCUT2D eigenvalue weighted by atomic mass is 10.0. The Balaban J connectivity index is 1.68. The van der Waals surface area contributed by atoms with Crippen molar-refractivity contribution in [2.75, 3.05) is 18.2 Å². The Morgan fingerprint density at radius 2 is 1.70 bits per heavy atom. The minimum atomic E-state index is 0.507. The minimum absolute atomic E-state index is 0.507. The van der Waals surface area contributed by atoms with E-state index in [4.69, 9.17) is 10.5 Å². The predicted molar refractivity (Wildman–Crippen MR) is 108 cm³/mol. The lowest BCUT2D eigenvalue weighted by Gasteiger charge is -2.11. The van der Waals surface area contributed by atoms with Crippen LogP contribution in [0.5, 0.6) is 5.75 Å². The van der Waals surface area contributed by atoms with Gasteiger partial charge in [0.15, 0.2) is 5.82 Å². The molecule has 2 aromatic carbocycles. The van der Waals surface area contributed by atoms with Gasteiger partial charge in [-0.05, 0) is 35.9 Å². The summed E-state index contributed by atoms with van der Waals surface area (Å²) in [6.45, 7) is 0.591. The smallest absolute Gasteiger partial charge is 0.156 e. The second-order valence-corrected chi connectivity index (χ2v) is 6.12. The number of nitrogens with one attached hydrogen (secondary N) is 1. The van der Waals surface area contributed by atoms with Crippen molar-refractivity contribution in [3.8, 4) is 17.0 Å². The van der Waals surface area contributed by atoms with Gasteiger partial charge < -0.3 is 15.8 Å². The highest BCUT2D eigenvalue weighted by molar-refractivity contribution is 6.00. The molecule has 0 bridgehead atoms. The van der Waals surface area contributed by atoms with Crippen molar-refractivity contribution in [1.29, 1.82) is 0 Å². The maximum Gasteiger partial charge on any atom is 0.156 e. The number of rotatable bonds is 5. The van der Waals surface area contributed by atoms with E-state index in [0.717, 1.165) is 39.2 Å². The topological polar surface area (TPSA) is 86.0 Å². The molecule has 0 radical (unpaired) electrons. The number of hydrogen-bond acceptors (Lipinski definition) is 6. The van der Waals surface area contributed by atoms with Gasteiger partial charge in [-0.2, -0.15) is 0 Å². The highest BCUT2D eigenvalue weighted by Crippen LogP contribution is 2.30. The fourth-order valence-electron chi connectivity index (χ4n) is 2.92. The number of aromatic nitrogens is 3. The summed E-state index contributed by atoms with van der Waals surface area (Å²) in [4.78, 5) is 4.11. The fourth-order valence-corrected chi connectivity index (χ4v) is 2.92. The first-order valence-corrected chi connectivity index (χ1v) is 8.59. The number of methoxy groups -OCH3 is 1. The minimum Gasteiger partial charge on any atom is -0.497 e. The van der Waals surface area contributed by atoms with Gasteiger partial charge in [-0.1, -0.05) is 30.3 Å². The number of fused-ring (bicyclic) bond motifs is 1. The zero-order valence-corrected chi connectivity index (χ0v) is 14.9. The molecule has 2 heterocycles. The Hall–Kier alpha value is -3.67. The van der Waals surface area contributed by atoms with Crippen LogP contribution in [0.15, 0.2) is 66.9 Å². The lowest BCUT2D eigenvalue weighted by molar-refractivity contribution is 0.415. The molecule has 6 heteroatoms. The first-order chi connectivity index (χ1) is 13.2. The van der Waals surface area contributed by atoms with E-state index in [2.05, 4.69) is 26.6 Å². The van der Waals surface area contributed by atoms with Crippen LogP contribution in [0, 0.1) is 0 Å². The molecular weight excluding hydrogens is 338 g/mol. The zero-order valence-electron chi connectivity index (χ0n) is 14.9. The molecule has 134 valence electrons. The molecule has 0 spiro atoms. The number of ether oxygens (including phenoxy) is 1. The van der Waals surface area contributed by atoms with E-state index >= 15 is 0 Å². The maximum atomic E-state index is 5.64. The summed E-state index contributed by atoms with van der Waals surface area (Å²) in [5.74, 6) is 2.05. The summed E-state index contributed by atoms with van der Waals surface area (Å²) in [6, 6.07) is 19.6. The Morgan fingerprint density at radius 3 is 2.41 bits per heavy atom. The van der Waals surface area contributed by atoms with Crippen LogP contribution in [0.4, 0.5) is 11.6 Å². The van der Waals surface area contributed by atoms with Gasteiger partial charge in [-0.3, -0.25) is 0 Å². The van der Waals surface area contributed by atoms with Gasteiger partial charge in [0.25, 0.3) is 0 Å². The van der Waals surface area contributed by atoms with Crippen LogP contribution in [0.2, 0.25) is 0 Å². The van der Waals surface area contributed by atoms with Crippen LogP contribution in [-0.2, 0) is 6.54 Å². The molecule has 27 heavy (non-hydrogen) atoms. The molecule has 0 fully saturated rings. The van der Waals surface area contributed by atoms with E-state index in [1.54, 1.807) is 19.4 Å². The lowest BCUT2D eigenvalue weighted by Crippen LogP contribution is -2.05. The van der Waals surface area contributed by atoms with Gasteiger partial charge in [-0.15, -0.1) is 10.2 Å². The third-order valence-electron chi connectivity index (χ3n) is 4.36. The monoisotopic (exact) mass is 357 g/mol. The van der Waals surface area contributed by atoms with Crippen molar-refractivity contribution in [1.82, 2.24) is 15.2 Å². The first-order valence-electron chi connectivity index (χ1n) is 8.59. The van der Waals surface area contributed by atoms with E-state index in [1.165, 1.54) is 0 Å². The van der Waals surface area contributed by atoms with Crippen molar-refractivity contribution in [2.45, 2.75) is 6.54 Å². The largest absolute Gasteiger partial charge is 0.497 e. The summed E-state index contributed by atoms with van der Waals surface area (Å²) in [5, 5.41) is 14.3. The van der Waals surface area contributed by atoms with E-state index in [0.29, 0.717) is 12.4 Å². The predicted octanol–water partition coefficient (Wildman–Crippen LogP) is 3.89. The molecule has 0 atom stereocenters. The summed E-state index contributed by atoms with van der Waals surface area (Å²) < 4.78 is 5.23. The SMILES string of the molecule is COc1ccc(-c2nnc(NCc3ccc(N)nc3)c3ccccc23)cc1. The summed E-state index contributed by atoms with van der Waals surface area (Å²) in [7, 11) is 1.65. The second-order valence-electron chi connectivity index (χ2n) is 6.12. The maximum absolute atomic E-state index is 5.64. The van der Waals surface area contributed by atoms with E-state index in [9.17, 15) is 0 Å². The number of benzene rings is 2. The Labute approximate surface area is 157 Å². The number of nitrogen functional groups attached to an aromatic ring is 1. The number of pyridine rings is 1. The number of nitrogens with zero attached hydrogens (tertiary/aromatic N) is 3. The Kier molecular flexibility index (Phi) is 4.53. The van der Waals surface area contributed by atoms with Crippen molar-refractivity contribution < 1.29 is 4.74 Å². The molecule has 0 amide bonds. The van der Waals surface area contributed by atoms with Crippen LogP contribution in [-0.4, -0.2) is 22.3 Å². The molecule has 0 saturated heterocycles. The van der Waals surface area contributed by atoms with Crippen LogP contribution < -0.4 is 15.8 Å². The third-order valence-corrected chi connectivity index (χ3v) is 4.36. The van der Waals surface area contributed by atoms with Crippen LogP contribution in [0.25, 0.3) is 22.0 Å². The number of nitrogens with two attached hydrogens (primary N) is 1. The van der Waals surface area contributed by atoms with Gasteiger partial charge in [-0.25, -0.2) is 4.98 Å². The van der Waals surface area contributed by atoms with Gasteiger partial charge in [0.05, 0.1) is 7.11 Å². The molecule has 6 nitrogen and oxygen atoms in total. The zero-order chi connectivity index (χ0) is 18.6.